The Hall–Kier alpha value is -4.05. The highest BCUT2D eigenvalue weighted by Crippen LogP contribution is 2.32. The molecule has 1 unspecified atom stereocenters. The van der Waals surface area contributed by atoms with Crippen LogP contribution >= 0.6 is 0 Å². The quantitative estimate of drug-likeness (QED) is 0.540. The Bertz CT molecular complexity index is 1390. The number of hydrogen-bond donors (Lipinski definition) is 2. The van der Waals surface area contributed by atoms with Crippen molar-refractivity contribution in [3.8, 4) is 11.5 Å². The number of para-hydroxylation sites is 3. The second-order valence-corrected chi connectivity index (χ2v) is 10.0. The lowest BCUT2D eigenvalue weighted by Gasteiger charge is -2.30. The highest BCUT2D eigenvalue weighted by Gasteiger charge is 2.30. The van der Waals surface area contributed by atoms with E-state index in [2.05, 4.69) is 10.9 Å². The summed E-state index contributed by atoms with van der Waals surface area (Å²) in [6, 6.07) is 20.1. The van der Waals surface area contributed by atoms with Crippen LogP contribution < -0.4 is 24.6 Å². The first-order valence-corrected chi connectivity index (χ1v) is 12.6. The molecule has 5 rings (SSSR count). The molecule has 3 aromatic rings. The van der Waals surface area contributed by atoms with Gasteiger partial charge in [-0.25, -0.2) is 8.42 Å². The Morgan fingerprint density at radius 2 is 1.69 bits per heavy atom. The van der Waals surface area contributed by atoms with Crippen LogP contribution in [0, 0.1) is 0 Å². The summed E-state index contributed by atoms with van der Waals surface area (Å²) in [5.74, 6) is -0.287. The van der Waals surface area contributed by atoms with E-state index in [1.807, 2.05) is 12.1 Å². The molecular formula is C25H23N3O6S. The molecule has 3 aromatic carbocycles. The van der Waals surface area contributed by atoms with Crippen LogP contribution in [0.15, 0.2) is 77.7 Å². The van der Waals surface area contributed by atoms with Crippen molar-refractivity contribution in [2.45, 2.75) is 23.8 Å². The molecule has 0 bridgehead atoms. The van der Waals surface area contributed by atoms with Gasteiger partial charge in [0, 0.05) is 12.1 Å². The number of nitrogens with zero attached hydrogens (tertiary/aromatic N) is 1. The summed E-state index contributed by atoms with van der Waals surface area (Å²) in [5, 5.41) is 0. The van der Waals surface area contributed by atoms with E-state index in [0.717, 1.165) is 12.0 Å². The van der Waals surface area contributed by atoms with E-state index < -0.39 is 27.9 Å². The van der Waals surface area contributed by atoms with Gasteiger partial charge >= 0.3 is 0 Å². The van der Waals surface area contributed by atoms with E-state index in [-0.39, 0.29) is 17.1 Å². The molecule has 35 heavy (non-hydrogen) atoms. The molecule has 0 radical (unpaired) electrons. The molecule has 0 aliphatic carbocycles. The van der Waals surface area contributed by atoms with Crippen molar-refractivity contribution in [3.63, 3.8) is 0 Å². The zero-order valence-corrected chi connectivity index (χ0v) is 19.5. The Morgan fingerprint density at radius 3 is 2.54 bits per heavy atom. The SMILES string of the molecule is O=C(NNC(=O)C1COc2ccccc2O1)c1cccc(S(=O)(=O)N2CCCc3ccccc32)c1. The number of carbonyl (C=O) groups excluding carboxylic acids is 2. The van der Waals surface area contributed by atoms with E-state index in [4.69, 9.17) is 9.47 Å². The Balaban J connectivity index is 1.27. The van der Waals surface area contributed by atoms with Gasteiger partial charge in [-0.05, 0) is 54.8 Å². The minimum atomic E-state index is -3.88. The average molecular weight is 494 g/mol. The first kappa shape index (κ1) is 22.7. The molecule has 2 aliphatic heterocycles. The van der Waals surface area contributed by atoms with Gasteiger partial charge in [-0.3, -0.25) is 24.7 Å². The third-order valence-electron chi connectivity index (χ3n) is 5.85. The maximum absolute atomic E-state index is 13.4. The van der Waals surface area contributed by atoms with E-state index in [1.165, 1.54) is 28.6 Å². The predicted octanol–water partition coefficient (Wildman–Crippen LogP) is 2.43. The summed E-state index contributed by atoms with van der Waals surface area (Å²) < 4.78 is 39.3. The van der Waals surface area contributed by atoms with Crippen molar-refractivity contribution in [3.05, 3.63) is 83.9 Å². The maximum Gasteiger partial charge on any atom is 0.283 e. The summed E-state index contributed by atoms with van der Waals surface area (Å²) in [7, 11) is -3.88. The van der Waals surface area contributed by atoms with Crippen LogP contribution in [-0.4, -0.2) is 39.5 Å². The topological polar surface area (TPSA) is 114 Å². The number of benzene rings is 3. The minimum absolute atomic E-state index is 0.00574. The monoisotopic (exact) mass is 493 g/mol. The van der Waals surface area contributed by atoms with Crippen LogP contribution in [0.5, 0.6) is 11.5 Å². The molecule has 0 fully saturated rings. The zero-order valence-electron chi connectivity index (χ0n) is 18.6. The van der Waals surface area contributed by atoms with E-state index in [0.29, 0.717) is 30.2 Å². The Morgan fingerprint density at radius 1 is 0.914 bits per heavy atom. The Labute approximate surface area is 202 Å². The van der Waals surface area contributed by atoms with Gasteiger partial charge in [-0.2, -0.15) is 0 Å². The lowest BCUT2D eigenvalue weighted by molar-refractivity contribution is -0.131. The third kappa shape index (κ3) is 4.52. The summed E-state index contributed by atoms with van der Waals surface area (Å²) in [6.45, 7) is 0.349. The van der Waals surface area contributed by atoms with E-state index in [1.54, 1.807) is 36.4 Å². The number of carbonyl (C=O) groups is 2. The second kappa shape index (κ2) is 9.30. The zero-order chi connectivity index (χ0) is 24.4. The lowest BCUT2D eigenvalue weighted by atomic mass is 10.0. The number of ether oxygens (including phenoxy) is 2. The van der Waals surface area contributed by atoms with Crippen LogP contribution in [0.3, 0.4) is 0 Å². The van der Waals surface area contributed by atoms with Crippen molar-refractivity contribution in [1.29, 1.82) is 0 Å². The number of aryl methyl sites for hydroxylation is 1. The summed E-state index contributed by atoms with van der Waals surface area (Å²) in [4.78, 5) is 25.1. The van der Waals surface area contributed by atoms with E-state index >= 15 is 0 Å². The van der Waals surface area contributed by atoms with Crippen LogP contribution in [0.4, 0.5) is 5.69 Å². The predicted molar refractivity (Wildman–Crippen MR) is 128 cm³/mol. The van der Waals surface area contributed by atoms with Crippen LogP contribution in [0.2, 0.25) is 0 Å². The first-order valence-electron chi connectivity index (χ1n) is 11.1. The van der Waals surface area contributed by atoms with Gasteiger partial charge in [0.05, 0.1) is 10.6 Å². The van der Waals surface area contributed by atoms with Crippen molar-refractivity contribution >= 4 is 27.5 Å². The summed E-state index contributed by atoms with van der Waals surface area (Å²) in [5.41, 5.74) is 6.33. The molecule has 0 saturated carbocycles. The minimum Gasteiger partial charge on any atom is -0.485 e. The second-order valence-electron chi connectivity index (χ2n) is 8.14. The largest absolute Gasteiger partial charge is 0.485 e. The average Bonchev–Trinajstić information content (AvgIpc) is 2.91. The van der Waals surface area contributed by atoms with Gasteiger partial charge in [-0.15, -0.1) is 0 Å². The lowest BCUT2D eigenvalue weighted by Crippen LogP contribution is -2.50. The first-order chi connectivity index (χ1) is 16.9. The van der Waals surface area contributed by atoms with Crippen molar-refractivity contribution in [2.24, 2.45) is 0 Å². The molecule has 0 spiro atoms. The molecule has 2 amide bonds. The number of fused-ring (bicyclic) bond motifs is 2. The highest BCUT2D eigenvalue weighted by atomic mass is 32.2. The fourth-order valence-electron chi connectivity index (χ4n) is 4.09. The molecule has 1 atom stereocenters. The number of amides is 2. The standard InChI is InChI=1S/C25H23N3O6S/c29-24(26-27-25(30)23-16-33-21-12-3-4-13-22(21)34-23)18-8-5-10-19(15-18)35(31,32)28-14-6-9-17-7-1-2-11-20(17)28/h1-5,7-8,10-13,15,23H,6,9,14,16H2,(H,26,29)(H,27,30). The molecule has 2 heterocycles. The van der Waals surface area contributed by atoms with Crippen molar-refractivity contribution < 1.29 is 27.5 Å². The Kier molecular flexibility index (Phi) is 6.04. The molecular weight excluding hydrogens is 470 g/mol. The van der Waals surface area contributed by atoms with Gasteiger partial charge in [0.1, 0.15) is 6.61 Å². The number of anilines is 1. The number of hydrogen-bond acceptors (Lipinski definition) is 6. The number of nitrogens with one attached hydrogen (secondary N) is 2. The van der Waals surface area contributed by atoms with Crippen molar-refractivity contribution in [1.82, 2.24) is 10.9 Å². The molecule has 0 aromatic heterocycles. The van der Waals surface area contributed by atoms with Gasteiger partial charge in [-0.1, -0.05) is 36.4 Å². The van der Waals surface area contributed by atoms with Gasteiger partial charge < -0.3 is 9.47 Å². The molecule has 0 saturated heterocycles. The smallest absolute Gasteiger partial charge is 0.283 e. The fraction of sp³-hybridized carbons (Fsp3) is 0.200. The maximum atomic E-state index is 13.4. The molecule has 2 aliphatic rings. The molecule has 10 heteroatoms. The number of rotatable bonds is 4. The number of sulfonamides is 1. The van der Waals surface area contributed by atoms with Gasteiger partial charge in [0.25, 0.3) is 21.8 Å². The highest BCUT2D eigenvalue weighted by molar-refractivity contribution is 7.92. The summed E-state index contributed by atoms with van der Waals surface area (Å²) in [6.07, 6.45) is 0.571. The van der Waals surface area contributed by atoms with E-state index in [9.17, 15) is 18.0 Å². The third-order valence-corrected chi connectivity index (χ3v) is 7.66. The molecule has 9 nitrogen and oxygen atoms in total. The normalized spacial score (nSPS) is 16.7. The van der Waals surface area contributed by atoms with Crippen molar-refractivity contribution in [2.75, 3.05) is 17.5 Å². The molecule has 2 N–H and O–H groups in total. The van der Waals surface area contributed by atoms with Crippen LogP contribution in [0.25, 0.3) is 0 Å². The number of hydrazine groups is 1. The van der Waals surface area contributed by atoms with Gasteiger partial charge in [0.2, 0.25) is 6.10 Å². The van der Waals surface area contributed by atoms with Crippen LogP contribution in [0.1, 0.15) is 22.3 Å². The van der Waals surface area contributed by atoms with Gasteiger partial charge in [0.15, 0.2) is 11.5 Å². The summed E-state index contributed by atoms with van der Waals surface area (Å²) >= 11 is 0. The molecule has 180 valence electrons. The fourth-order valence-corrected chi connectivity index (χ4v) is 5.68. The van der Waals surface area contributed by atoms with Crippen LogP contribution in [-0.2, 0) is 21.2 Å².